The van der Waals surface area contributed by atoms with Gasteiger partial charge in [-0.1, -0.05) is 44.4 Å². The Morgan fingerprint density at radius 1 is 1.05 bits per heavy atom. The highest BCUT2D eigenvalue weighted by molar-refractivity contribution is 5.58. The zero-order valence-electron chi connectivity index (χ0n) is 13.2. The van der Waals surface area contributed by atoms with Crippen molar-refractivity contribution < 1.29 is 0 Å². The van der Waals surface area contributed by atoms with Crippen LogP contribution in [0.25, 0.3) is 0 Å². The molecule has 0 bridgehead atoms. The molecule has 0 radical (unpaired) electrons. The third kappa shape index (κ3) is 3.52. The summed E-state index contributed by atoms with van der Waals surface area (Å²) in [5.74, 6) is 1.72. The molecule has 19 heavy (non-hydrogen) atoms. The fourth-order valence-corrected chi connectivity index (χ4v) is 3.58. The van der Waals surface area contributed by atoms with E-state index in [0.717, 1.165) is 11.8 Å². The molecule has 1 N–H and O–H groups in total. The van der Waals surface area contributed by atoms with Crippen LogP contribution in [-0.2, 0) is 0 Å². The van der Waals surface area contributed by atoms with Crippen molar-refractivity contribution >= 4 is 5.69 Å². The molecule has 1 aromatic rings. The minimum absolute atomic E-state index is 0.668. The fraction of sp³-hybridized carbons (Fsp3) is 0.667. The molecule has 2 atom stereocenters. The summed E-state index contributed by atoms with van der Waals surface area (Å²) < 4.78 is 0. The van der Waals surface area contributed by atoms with E-state index in [1.165, 1.54) is 48.1 Å². The van der Waals surface area contributed by atoms with Crippen molar-refractivity contribution in [2.75, 3.05) is 5.32 Å². The molecule has 0 aliphatic heterocycles. The van der Waals surface area contributed by atoms with Crippen LogP contribution < -0.4 is 5.32 Å². The van der Waals surface area contributed by atoms with Crippen molar-refractivity contribution in [1.82, 2.24) is 0 Å². The Bertz CT molecular complexity index is 410. The zero-order chi connectivity index (χ0) is 14.0. The third-order valence-corrected chi connectivity index (χ3v) is 4.68. The maximum Gasteiger partial charge on any atom is 0.0401 e. The van der Waals surface area contributed by atoms with Gasteiger partial charge in [-0.25, -0.2) is 0 Å². The number of hydrogen-bond donors (Lipinski definition) is 1. The molecule has 1 aromatic carbocycles. The van der Waals surface area contributed by atoms with Crippen LogP contribution in [0.1, 0.15) is 56.2 Å². The van der Waals surface area contributed by atoms with Crippen molar-refractivity contribution in [3.8, 4) is 0 Å². The van der Waals surface area contributed by atoms with Crippen LogP contribution in [0.4, 0.5) is 5.69 Å². The van der Waals surface area contributed by atoms with E-state index in [2.05, 4.69) is 52.1 Å². The lowest BCUT2D eigenvalue weighted by atomic mass is 9.79. The smallest absolute Gasteiger partial charge is 0.0401 e. The Kier molecular flexibility index (Phi) is 4.54. The van der Waals surface area contributed by atoms with Gasteiger partial charge >= 0.3 is 0 Å². The quantitative estimate of drug-likeness (QED) is 0.783. The number of nitrogens with one attached hydrogen (secondary N) is 1. The van der Waals surface area contributed by atoms with E-state index in [-0.39, 0.29) is 0 Å². The Morgan fingerprint density at radius 2 is 1.68 bits per heavy atom. The minimum atomic E-state index is 0.668. The van der Waals surface area contributed by atoms with Crippen LogP contribution in [0, 0.1) is 32.6 Å². The maximum atomic E-state index is 3.83. The van der Waals surface area contributed by atoms with E-state index in [0.29, 0.717) is 6.04 Å². The minimum Gasteiger partial charge on any atom is -0.382 e. The Hall–Kier alpha value is -0.980. The monoisotopic (exact) mass is 259 g/mol. The number of aryl methyl sites for hydroxylation is 3. The normalized spacial score (nSPS) is 23.7. The van der Waals surface area contributed by atoms with Gasteiger partial charge in [0.1, 0.15) is 0 Å². The summed E-state index contributed by atoms with van der Waals surface area (Å²) in [6.45, 7) is 11.4. The highest BCUT2D eigenvalue weighted by atomic mass is 14.9. The van der Waals surface area contributed by atoms with Gasteiger partial charge in [-0.15, -0.1) is 0 Å². The highest BCUT2D eigenvalue weighted by Gasteiger charge is 2.24. The molecule has 0 amide bonds. The van der Waals surface area contributed by atoms with Gasteiger partial charge in [-0.2, -0.15) is 0 Å². The number of hydrogen-bond acceptors (Lipinski definition) is 1. The average Bonchev–Trinajstić information content (AvgIpc) is 2.34. The largest absolute Gasteiger partial charge is 0.382 e. The topological polar surface area (TPSA) is 12.0 Å². The van der Waals surface area contributed by atoms with Crippen molar-refractivity contribution in [3.05, 3.63) is 28.8 Å². The molecule has 0 heterocycles. The molecule has 1 heteroatoms. The summed E-state index contributed by atoms with van der Waals surface area (Å²) in [4.78, 5) is 0. The van der Waals surface area contributed by atoms with Crippen LogP contribution in [0.3, 0.4) is 0 Å². The van der Waals surface area contributed by atoms with E-state index in [9.17, 15) is 0 Å². The lowest BCUT2D eigenvalue weighted by Crippen LogP contribution is -2.30. The summed E-state index contributed by atoms with van der Waals surface area (Å²) in [5.41, 5.74) is 5.53. The molecule has 1 saturated carbocycles. The second-order valence-electron chi connectivity index (χ2n) is 6.79. The summed E-state index contributed by atoms with van der Waals surface area (Å²) in [6.07, 6.45) is 5.46. The molecule has 2 unspecified atom stereocenters. The summed E-state index contributed by atoms with van der Waals surface area (Å²) >= 11 is 0. The van der Waals surface area contributed by atoms with Crippen molar-refractivity contribution in [1.29, 1.82) is 0 Å². The lowest BCUT2D eigenvalue weighted by Gasteiger charge is -2.33. The van der Waals surface area contributed by atoms with E-state index >= 15 is 0 Å². The van der Waals surface area contributed by atoms with Crippen LogP contribution in [0.2, 0.25) is 0 Å². The van der Waals surface area contributed by atoms with Crippen LogP contribution in [0.5, 0.6) is 0 Å². The van der Waals surface area contributed by atoms with Gasteiger partial charge in [0.15, 0.2) is 0 Å². The molecule has 1 fully saturated rings. The molecule has 0 spiro atoms. The number of benzene rings is 1. The molecule has 1 nitrogen and oxygen atoms in total. The van der Waals surface area contributed by atoms with Crippen molar-refractivity contribution in [2.24, 2.45) is 11.8 Å². The molecule has 2 rings (SSSR count). The molecule has 1 aliphatic carbocycles. The van der Waals surface area contributed by atoms with E-state index in [1.807, 2.05) is 0 Å². The lowest BCUT2D eigenvalue weighted by molar-refractivity contribution is 0.264. The predicted molar refractivity (Wildman–Crippen MR) is 84.9 cm³/mol. The maximum absolute atomic E-state index is 3.83. The fourth-order valence-electron chi connectivity index (χ4n) is 3.58. The summed E-state index contributed by atoms with van der Waals surface area (Å²) in [5, 5.41) is 3.83. The Labute approximate surface area is 118 Å². The van der Waals surface area contributed by atoms with Gasteiger partial charge in [0, 0.05) is 11.7 Å². The van der Waals surface area contributed by atoms with Crippen molar-refractivity contribution in [2.45, 2.75) is 66.3 Å². The zero-order valence-corrected chi connectivity index (χ0v) is 13.2. The van der Waals surface area contributed by atoms with E-state index in [1.54, 1.807) is 0 Å². The first-order valence-electron chi connectivity index (χ1n) is 7.81. The summed E-state index contributed by atoms with van der Waals surface area (Å²) in [7, 11) is 0. The SMILES string of the molecule is Cc1cc(C)c(NC2CCCC(C(C)C)C2)c(C)c1. The van der Waals surface area contributed by atoms with Crippen LogP contribution in [-0.4, -0.2) is 6.04 Å². The highest BCUT2D eigenvalue weighted by Crippen LogP contribution is 2.33. The Morgan fingerprint density at radius 3 is 2.26 bits per heavy atom. The van der Waals surface area contributed by atoms with Crippen LogP contribution >= 0.6 is 0 Å². The molecule has 106 valence electrons. The Balaban J connectivity index is 2.09. The number of anilines is 1. The van der Waals surface area contributed by atoms with E-state index in [4.69, 9.17) is 0 Å². The second kappa shape index (κ2) is 5.98. The molecule has 1 aliphatic rings. The standard InChI is InChI=1S/C18H29N/c1-12(2)16-7-6-8-17(11-16)19-18-14(4)9-13(3)10-15(18)5/h9-10,12,16-17,19H,6-8,11H2,1-5H3. The van der Waals surface area contributed by atoms with Crippen LogP contribution in [0.15, 0.2) is 12.1 Å². The van der Waals surface area contributed by atoms with Gasteiger partial charge in [0.2, 0.25) is 0 Å². The number of rotatable bonds is 3. The average molecular weight is 259 g/mol. The second-order valence-corrected chi connectivity index (χ2v) is 6.79. The predicted octanol–water partition coefficient (Wildman–Crippen LogP) is 5.24. The van der Waals surface area contributed by atoms with Crippen molar-refractivity contribution in [3.63, 3.8) is 0 Å². The van der Waals surface area contributed by atoms with Gasteiger partial charge in [-0.3, -0.25) is 0 Å². The van der Waals surface area contributed by atoms with Gasteiger partial charge in [0.05, 0.1) is 0 Å². The van der Waals surface area contributed by atoms with Gasteiger partial charge < -0.3 is 5.32 Å². The summed E-state index contributed by atoms with van der Waals surface area (Å²) in [6, 6.07) is 5.25. The third-order valence-electron chi connectivity index (χ3n) is 4.68. The first-order chi connectivity index (χ1) is 8.97. The van der Waals surface area contributed by atoms with Gasteiger partial charge in [0.25, 0.3) is 0 Å². The molecular formula is C18H29N. The first-order valence-corrected chi connectivity index (χ1v) is 7.81. The molecule has 0 aromatic heterocycles. The van der Waals surface area contributed by atoms with E-state index < -0.39 is 0 Å². The van der Waals surface area contributed by atoms with Gasteiger partial charge in [-0.05, 0) is 56.6 Å². The molecular weight excluding hydrogens is 230 g/mol. The first kappa shape index (κ1) is 14.4. The molecule has 0 saturated heterocycles.